The van der Waals surface area contributed by atoms with Gasteiger partial charge >= 0.3 is 0 Å². The monoisotopic (exact) mass is 355 g/mol. The summed E-state index contributed by atoms with van der Waals surface area (Å²) in [6, 6.07) is 14.5. The standard InChI is InChI=1S/C20H25N3O3/c1-14-4-3-5-17(12-14)23-19(24)13-26-18-8-6-16(7-9-18)10-11-22-20(25)15(2)21/h3-9,12,15H,10-11,13,21H2,1-2H3,(H,22,25)(H,23,24)/t15-/m0/s1. The van der Waals surface area contributed by atoms with Crippen molar-refractivity contribution in [3.63, 3.8) is 0 Å². The van der Waals surface area contributed by atoms with Crippen molar-refractivity contribution in [3.05, 3.63) is 59.7 Å². The Morgan fingerprint density at radius 2 is 1.88 bits per heavy atom. The molecule has 0 radical (unpaired) electrons. The predicted octanol–water partition coefficient (Wildman–Crippen LogP) is 2.02. The number of ether oxygens (including phenoxy) is 1. The number of hydrogen-bond donors (Lipinski definition) is 3. The Balaban J connectivity index is 1.74. The number of aryl methyl sites for hydroxylation is 1. The summed E-state index contributed by atoms with van der Waals surface area (Å²) in [6.07, 6.45) is 0.701. The van der Waals surface area contributed by atoms with Crippen LogP contribution in [0, 0.1) is 6.92 Å². The predicted molar refractivity (Wildman–Crippen MR) is 102 cm³/mol. The Kier molecular flexibility index (Phi) is 7.17. The molecule has 2 amide bonds. The van der Waals surface area contributed by atoms with Crippen LogP contribution in [0.5, 0.6) is 5.75 Å². The van der Waals surface area contributed by atoms with E-state index in [1.165, 1.54) is 0 Å². The maximum absolute atomic E-state index is 11.9. The van der Waals surface area contributed by atoms with E-state index in [1.807, 2.05) is 55.5 Å². The Bertz CT molecular complexity index is 742. The molecule has 2 aromatic rings. The second kappa shape index (κ2) is 9.58. The normalized spacial score (nSPS) is 11.5. The molecular weight excluding hydrogens is 330 g/mol. The lowest BCUT2D eigenvalue weighted by atomic mass is 10.1. The van der Waals surface area contributed by atoms with Crippen molar-refractivity contribution in [2.45, 2.75) is 26.3 Å². The Labute approximate surface area is 153 Å². The van der Waals surface area contributed by atoms with Crippen LogP contribution in [0.3, 0.4) is 0 Å². The van der Waals surface area contributed by atoms with Crippen molar-refractivity contribution in [1.82, 2.24) is 5.32 Å². The van der Waals surface area contributed by atoms with E-state index in [1.54, 1.807) is 6.92 Å². The molecule has 0 aliphatic carbocycles. The minimum Gasteiger partial charge on any atom is -0.484 e. The lowest BCUT2D eigenvalue weighted by Crippen LogP contribution is -2.39. The highest BCUT2D eigenvalue weighted by Crippen LogP contribution is 2.13. The van der Waals surface area contributed by atoms with Crippen LogP contribution in [0.4, 0.5) is 5.69 Å². The molecule has 0 aromatic heterocycles. The van der Waals surface area contributed by atoms with Gasteiger partial charge in [0.1, 0.15) is 5.75 Å². The first-order valence-corrected chi connectivity index (χ1v) is 8.55. The van der Waals surface area contributed by atoms with Gasteiger partial charge in [0.25, 0.3) is 5.91 Å². The lowest BCUT2D eigenvalue weighted by molar-refractivity contribution is -0.122. The quantitative estimate of drug-likeness (QED) is 0.675. The van der Waals surface area contributed by atoms with Crippen LogP contribution in [0.1, 0.15) is 18.1 Å². The summed E-state index contributed by atoms with van der Waals surface area (Å²) in [5.41, 5.74) is 8.38. The third kappa shape index (κ3) is 6.57. The summed E-state index contributed by atoms with van der Waals surface area (Å²) in [5, 5.41) is 5.56. The molecule has 0 fully saturated rings. The molecule has 6 heteroatoms. The van der Waals surface area contributed by atoms with Crippen LogP contribution in [0.2, 0.25) is 0 Å². The van der Waals surface area contributed by atoms with E-state index in [9.17, 15) is 9.59 Å². The summed E-state index contributed by atoms with van der Waals surface area (Å²) in [7, 11) is 0. The molecule has 4 N–H and O–H groups in total. The van der Waals surface area contributed by atoms with Crippen LogP contribution < -0.4 is 21.1 Å². The second-order valence-corrected chi connectivity index (χ2v) is 6.18. The first-order valence-electron chi connectivity index (χ1n) is 8.55. The topological polar surface area (TPSA) is 93.5 Å². The van der Waals surface area contributed by atoms with Crippen molar-refractivity contribution in [3.8, 4) is 5.75 Å². The fourth-order valence-electron chi connectivity index (χ4n) is 2.31. The average molecular weight is 355 g/mol. The van der Waals surface area contributed by atoms with E-state index in [0.29, 0.717) is 18.7 Å². The molecule has 26 heavy (non-hydrogen) atoms. The summed E-state index contributed by atoms with van der Waals surface area (Å²) in [4.78, 5) is 23.3. The van der Waals surface area contributed by atoms with Crippen molar-refractivity contribution < 1.29 is 14.3 Å². The van der Waals surface area contributed by atoms with Gasteiger partial charge in [0.2, 0.25) is 5.91 Å². The van der Waals surface area contributed by atoms with E-state index >= 15 is 0 Å². The molecule has 138 valence electrons. The van der Waals surface area contributed by atoms with E-state index < -0.39 is 6.04 Å². The molecule has 2 aromatic carbocycles. The Morgan fingerprint density at radius 3 is 2.54 bits per heavy atom. The molecule has 1 atom stereocenters. The summed E-state index contributed by atoms with van der Waals surface area (Å²) >= 11 is 0. The average Bonchev–Trinajstić information content (AvgIpc) is 2.61. The van der Waals surface area contributed by atoms with Crippen molar-refractivity contribution in [1.29, 1.82) is 0 Å². The van der Waals surface area contributed by atoms with Gasteiger partial charge in [0, 0.05) is 12.2 Å². The van der Waals surface area contributed by atoms with Gasteiger partial charge in [-0.05, 0) is 55.7 Å². The summed E-state index contributed by atoms with van der Waals surface area (Å²) < 4.78 is 5.50. The number of carbonyl (C=O) groups excluding carboxylic acids is 2. The smallest absolute Gasteiger partial charge is 0.262 e. The van der Waals surface area contributed by atoms with E-state index in [2.05, 4.69) is 10.6 Å². The zero-order chi connectivity index (χ0) is 18.9. The fraction of sp³-hybridized carbons (Fsp3) is 0.300. The van der Waals surface area contributed by atoms with Gasteiger partial charge in [-0.3, -0.25) is 9.59 Å². The van der Waals surface area contributed by atoms with Crippen LogP contribution in [0.25, 0.3) is 0 Å². The van der Waals surface area contributed by atoms with Crippen molar-refractivity contribution in [2.75, 3.05) is 18.5 Å². The fourth-order valence-corrected chi connectivity index (χ4v) is 2.31. The molecule has 0 saturated carbocycles. The van der Waals surface area contributed by atoms with Gasteiger partial charge in [-0.25, -0.2) is 0 Å². The van der Waals surface area contributed by atoms with Gasteiger partial charge in [-0.2, -0.15) is 0 Å². The number of benzene rings is 2. The van der Waals surface area contributed by atoms with Crippen LogP contribution in [-0.4, -0.2) is 31.0 Å². The van der Waals surface area contributed by atoms with E-state index in [0.717, 1.165) is 16.8 Å². The van der Waals surface area contributed by atoms with E-state index in [-0.39, 0.29) is 18.4 Å². The molecule has 0 aliphatic rings. The molecule has 0 saturated heterocycles. The third-order valence-electron chi connectivity index (χ3n) is 3.72. The SMILES string of the molecule is Cc1cccc(NC(=O)COc2ccc(CCNC(=O)[C@H](C)N)cc2)c1. The van der Waals surface area contributed by atoms with Gasteiger partial charge in [-0.15, -0.1) is 0 Å². The zero-order valence-corrected chi connectivity index (χ0v) is 15.1. The molecule has 0 spiro atoms. The second-order valence-electron chi connectivity index (χ2n) is 6.18. The molecule has 2 rings (SSSR count). The molecule has 6 nitrogen and oxygen atoms in total. The Morgan fingerprint density at radius 1 is 1.15 bits per heavy atom. The minimum atomic E-state index is -0.503. The maximum atomic E-state index is 11.9. The number of nitrogens with one attached hydrogen (secondary N) is 2. The largest absolute Gasteiger partial charge is 0.484 e. The lowest BCUT2D eigenvalue weighted by Gasteiger charge is -2.10. The summed E-state index contributed by atoms with van der Waals surface area (Å²) in [5.74, 6) is 0.246. The number of nitrogens with two attached hydrogens (primary N) is 1. The number of anilines is 1. The highest BCUT2D eigenvalue weighted by atomic mass is 16.5. The first-order chi connectivity index (χ1) is 12.4. The molecule has 0 unspecified atom stereocenters. The molecule has 0 heterocycles. The van der Waals surface area contributed by atoms with Crippen molar-refractivity contribution >= 4 is 17.5 Å². The van der Waals surface area contributed by atoms with Gasteiger partial charge in [0.05, 0.1) is 6.04 Å². The van der Waals surface area contributed by atoms with Gasteiger partial charge < -0.3 is 21.1 Å². The van der Waals surface area contributed by atoms with E-state index in [4.69, 9.17) is 10.5 Å². The Hall–Kier alpha value is -2.86. The van der Waals surface area contributed by atoms with Crippen LogP contribution in [-0.2, 0) is 16.0 Å². The highest BCUT2D eigenvalue weighted by molar-refractivity contribution is 5.91. The highest BCUT2D eigenvalue weighted by Gasteiger charge is 2.06. The van der Waals surface area contributed by atoms with Crippen LogP contribution >= 0.6 is 0 Å². The summed E-state index contributed by atoms with van der Waals surface area (Å²) in [6.45, 7) is 4.09. The maximum Gasteiger partial charge on any atom is 0.262 e. The molecular formula is C20H25N3O3. The number of amides is 2. The molecule has 0 bridgehead atoms. The number of hydrogen-bond acceptors (Lipinski definition) is 4. The van der Waals surface area contributed by atoms with Gasteiger partial charge in [-0.1, -0.05) is 24.3 Å². The van der Waals surface area contributed by atoms with Crippen LogP contribution in [0.15, 0.2) is 48.5 Å². The third-order valence-corrected chi connectivity index (χ3v) is 3.72. The minimum absolute atomic E-state index is 0.0578. The molecule has 0 aliphatic heterocycles. The van der Waals surface area contributed by atoms with Gasteiger partial charge in [0.15, 0.2) is 6.61 Å². The number of carbonyl (C=O) groups is 2. The van der Waals surface area contributed by atoms with Crippen molar-refractivity contribution in [2.24, 2.45) is 5.73 Å². The zero-order valence-electron chi connectivity index (χ0n) is 15.1. The number of rotatable bonds is 8. The first kappa shape index (κ1) is 19.5.